The van der Waals surface area contributed by atoms with Crippen molar-refractivity contribution in [2.75, 3.05) is 0 Å². The molecule has 0 aliphatic rings. The molecule has 0 saturated carbocycles. The van der Waals surface area contributed by atoms with Crippen molar-refractivity contribution in [2.45, 2.75) is 6.54 Å². The van der Waals surface area contributed by atoms with Crippen molar-refractivity contribution in [1.29, 1.82) is 0 Å². The van der Waals surface area contributed by atoms with Gasteiger partial charge in [-0.2, -0.15) is 4.99 Å². The van der Waals surface area contributed by atoms with Gasteiger partial charge in [-0.1, -0.05) is 0 Å². The lowest BCUT2D eigenvalue weighted by Gasteiger charge is -1.99. The second-order valence-corrected chi connectivity index (χ2v) is 2.36. The van der Waals surface area contributed by atoms with Crippen molar-refractivity contribution in [3.8, 4) is 0 Å². The summed E-state index contributed by atoms with van der Waals surface area (Å²) < 4.78 is 0. The van der Waals surface area contributed by atoms with Crippen LogP contribution in [0.15, 0.2) is 23.5 Å². The van der Waals surface area contributed by atoms with E-state index in [4.69, 9.17) is 11.5 Å². The van der Waals surface area contributed by atoms with Gasteiger partial charge < -0.3 is 16.8 Å². The standard InChI is InChI=1S/C7H10N6O/c8-6(9)13-7(14)12-4-5-10-2-1-3-11-5/h1-3H,4H2,(H5,8,9,12,13,14). The minimum absolute atomic E-state index is 0.191. The van der Waals surface area contributed by atoms with E-state index in [-0.39, 0.29) is 12.5 Å². The smallest absolute Gasteiger partial charge is 0.344 e. The molecule has 0 radical (unpaired) electrons. The molecule has 0 aliphatic heterocycles. The van der Waals surface area contributed by atoms with E-state index in [1.807, 2.05) is 0 Å². The van der Waals surface area contributed by atoms with Crippen LogP contribution in [0.3, 0.4) is 0 Å². The SMILES string of the molecule is NC(N)=NC(=O)NCc1ncccn1. The van der Waals surface area contributed by atoms with Gasteiger partial charge in [-0.15, -0.1) is 0 Å². The number of carbonyl (C=O) groups is 1. The Bertz CT molecular complexity index is 331. The minimum atomic E-state index is -0.613. The first-order valence-electron chi connectivity index (χ1n) is 3.82. The highest BCUT2D eigenvalue weighted by molar-refractivity contribution is 5.90. The normalized spacial score (nSPS) is 9.14. The molecule has 1 heterocycles. The first-order chi connectivity index (χ1) is 6.68. The second kappa shape index (κ2) is 4.75. The third-order valence-corrected chi connectivity index (χ3v) is 1.25. The van der Waals surface area contributed by atoms with Gasteiger partial charge in [0.25, 0.3) is 0 Å². The van der Waals surface area contributed by atoms with Crippen molar-refractivity contribution in [3.63, 3.8) is 0 Å². The number of urea groups is 1. The van der Waals surface area contributed by atoms with Gasteiger partial charge in [0.2, 0.25) is 0 Å². The second-order valence-electron chi connectivity index (χ2n) is 2.36. The van der Waals surface area contributed by atoms with Crippen LogP contribution in [0.4, 0.5) is 4.79 Å². The number of aromatic nitrogens is 2. The zero-order valence-electron chi connectivity index (χ0n) is 7.34. The van der Waals surface area contributed by atoms with Gasteiger partial charge in [0.05, 0.1) is 6.54 Å². The number of amides is 2. The van der Waals surface area contributed by atoms with Gasteiger partial charge in [-0.3, -0.25) is 0 Å². The van der Waals surface area contributed by atoms with Crippen molar-refractivity contribution in [1.82, 2.24) is 15.3 Å². The number of nitrogens with one attached hydrogen (secondary N) is 1. The molecular formula is C7H10N6O. The zero-order valence-corrected chi connectivity index (χ0v) is 7.34. The molecular weight excluding hydrogens is 184 g/mol. The van der Waals surface area contributed by atoms with Gasteiger partial charge >= 0.3 is 6.03 Å². The van der Waals surface area contributed by atoms with Crippen LogP contribution in [0.25, 0.3) is 0 Å². The van der Waals surface area contributed by atoms with E-state index in [9.17, 15) is 4.79 Å². The number of nitrogens with zero attached hydrogens (tertiary/aromatic N) is 3. The average molecular weight is 194 g/mol. The van der Waals surface area contributed by atoms with E-state index in [0.717, 1.165) is 0 Å². The fourth-order valence-corrected chi connectivity index (χ4v) is 0.733. The Morgan fingerprint density at radius 2 is 2.07 bits per heavy atom. The Kier molecular flexibility index (Phi) is 3.36. The third kappa shape index (κ3) is 3.48. The Balaban J connectivity index is 2.42. The Labute approximate surface area is 80.3 Å². The van der Waals surface area contributed by atoms with E-state index in [0.29, 0.717) is 5.82 Å². The van der Waals surface area contributed by atoms with Gasteiger partial charge in [-0.25, -0.2) is 14.8 Å². The third-order valence-electron chi connectivity index (χ3n) is 1.25. The number of nitrogens with two attached hydrogens (primary N) is 2. The first kappa shape index (κ1) is 9.90. The summed E-state index contributed by atoms with van der Waals surface area (Å²) in [5.74, 6) is 0.211. The fourth-order valence-electron chi connectivity index (χ4n) is 0.733. The van der Waals surface area contributed by atoms with Gasteiger partial charge in [-0.05, 0) is 6.07 Å². The largest absolute Gasteiger partial charge is 0.370 e. The van der Waals surface area contributed by atoms with Gasteiger partial charge in [0.15, 0.2) is 5.96 Å². The Hall–Kier alpha value is -2.18. The highest BCUT2D eigenvalue weighted by atomic mass is 16.2. The summed E-state index contributed by atoms with van der Waals surface area (Å²) in [5, 5.41) is 2.42. The van der Waals surface area contributed by atoms with E-state index >= 15 is 0 Å². The molecule has 14 heavy (non-hydrogen) atoms. The number of rotatable bonds is 2. The summed E-state index contributed by atoms with van der Waals surface area (Å²) in [6, 6.07) is 1.07. The number of guanidine groups is 1. The van der Waals surface area contributed by atoms with Gasteiger partial charge in [0.1, 0.15) is 5.82 Å². The van der Waals surface area contributed by atoms with E-state index in [1.165, 1.54) is 0 Å². The first-order valence-corrected chi connectivity index (χ1v) is 3.82. The summed E-state index contributed by atoms with van der Waals surface area (Å²) in [6.07, 6.45) is 3.16. The highest BCUT2D eigenvalue weighted by Crippen LogP contribution is 1.86. The maximum absolute atomic E-state index is 10.9. The van der Waals surface area contributed by atoms with Crippen LogP contribution >= 0.6 is 0 Å². The molecule has 5 N–H and O–H groups in total. The number of hydrogen-bond donors (Lipinski definition) is 3. The van der Waals surface area contributed by atoms with Crippen LogP contribution in [-0.4, -0.2) is 22.0 Å². The minimum Gasteiger partial charge on any atom is -0.370 e. The van der Waals surface area contributed by atoms with E-state index < -0.39 is 6.03 Å². The topological polar surface area (TPSA) is 119 Å². The van der Waals surface area contributed by atoms with Crippen molar-refractivity contribution < 1.29 is 4.79 Å². The molecule has 0 aliphatic carbocycles. The summed E-state index contributed by atoms with van der Waals surface area (Å²) in [4.78, 5) is 22.0. The maximum atomic E-state index is 10.9. The Morgan fingerprint density at radius 1 is 1.43 bits per heavy atom. The number of carbonyl (C=O) groups excluding carboxylic acids is 1. The molecule has 2 amide bonds. The van der Waals surface area contributed by atoms with Crippen LogP contribution in [0.1, 0.15) is 5.82 Å². The Morgan fingerprint density at radius 3 is 2.64 bits per heavy atom. The highest BCUT2D eigenvalue weighted by Gasteiger charge is 1.99. The lowest BCUT2D eigenvalue weighted by molar-refractivity contribution is 0.248. The molecule has 0 aromatic carbocycles. The molecule has 1 rings (SSSR count). The predicted molar refractivity (Wildman–Crippen MR) is 50.1 cm³/mol. The van der Waals surface area contributed by atoms with Crippen LogP contribution in [0.5, 0.6) is 0 Å². The van der Waals surface area contributed by atoms with Crippen LogP contribution < -0.4 is 16.8 Å². The molecule has 0 fully saturated rings. The van der Waals surface area contributed by atoms with Crippen LogP contribution in [0.2, 0.25) is 0 Å². The fraction of sp³-hybridized carbons (Fsp3) is 0.143. The molecule has 0 saturated heterocycles. The monoisotopic (exact) mass is 194 g/mol. The lowest BCUT2D eigenvalue weighted by atomic mass is 10.5. The summed E-state index contributed by atoms with van der Waals surface area (Å²) in [7, 11) is 0. The number of aliphatic imine (C=N–C) groups is 1. The molecule has 0 atom stereocenters. The summed E-state index contributed by atoms with van der Waals surface area (Å²) in [6.45, 7) is 0.191. The molecule has 1 aromatic rings. The molecule has 0 bridgehead atoms. The van der Waals surface area contributed by atoms with E-state index in [2.05, 4.69) is 20.3 Å². The van der Waals surface area contributed by atoms with Crippen molar-refractivity contribution in [2.24, 2.45) is 16.5 Å². The molecule has 7 heteroatoms. The molecule has 0 spiro atoms. The number of hydrogen-bond acceptors (Lipinski definition) is 3. The average Bonchev–Trinajstić information content (AvgIpc) is 2.15. The van der Waals surface area contributed by atoms with E-state index in [1.54, 1.807) is 18.5 Å². The summed E-state index contributed by atoms with van der Waals surface area (Å²) >= 11 is 0. The van der Waals surface area contributed by atoms with Crippen LogP contribution in [0, 0.1) is 0 Å². The molecule has 74 valence electrons. The molecule has 7 nitrogen and oxygen atoms in total. The lowest BCUT2D eigenvalue weighted by Crippen LogP contribution is -2.28. The van der Waals surface area contributed by atoms with Crippen molar-refractivity contribution >= 4 is 12.0 Å². The summed E-state index contributed by atoms with van der Waals surface area (Å²) in [5.41, 5.74) is 10.00. The predicted octanol–water partition coefficient (Wildman–Crippen LogP) is -1.04. The molecule has 0 unspecified atom stereocenters. The zero-order chi connectivity index (χ0) is 10.4. The van der Waals surface area contributed by atoms with Crippen molar-refractivity contribution in [3.05, 3.63) is 24.3 Å². The van der Waals surface area contributed by atoms with Crippen LogP contribution in [-0.2, 0) is 6.54 Å². The maximum Gasteiger partial charge on any atom is 0.344 e. The quantitative estimate of drug-likeness (QED) is 0.410. The molecule has 1 aromatic heterocycles. The van der Waals surface area contributed by atoms with Gasteiger partial charge in [0, 0.05) is 12.4 Å².